The number of benzene rings is 2. The normalized spacial score (nSPS) is 16.5. The Bertz CT molecular complexity index is 731. The fourth-order valence-electron chi connectivity index (χ4n) is 3.02. The van der Waals surface area contributed by atoms with Crippen molar-refractivity contribution in [3.63, 3.8) is 0 Å². The van der Waals surface area contributed by atoms with Crippen LogP contribution in [0.25, 0.3) is 0 Å². The first-order valence-electron chi connectivity index (χ1n) is 8.33. The van der Waals surface area contributed by atoms with Gasteiger partial charge in [-0.15, -0.1) is 0 Å². The molecule has 2 aliphatic heterocycles. The van der Waals surface area contributed by atoms with Gasteiger partial charge in [-0.1, -0.05) is 12.1 Å². The third-order valence-electron chi connectivity index (χ3n) is 4.34. The van der Waals surface area contributed by atoms with E-state index in [4.69, 9.17) is 24.7 Å². The molecule has 2 N–H and O–H groups in total. The van der Waals surface area contributed by atoms with Gasteiger partial charge in [0.2, 0.25) is 0 Å². The molecule has 126 valence electrons. The second-order valence-electron chi connectivity index (χ2n) is 6.03. The van der Waals surface area contributed by atoms with Crippen molar-refractivity contribution < 1.29 is 18.9 Å². The van der Waals surface area contributed by atoms with E-state index in [0.29, 0.717) is 26.4 Å². The van der Waals surface area contributed by atoms with E-state index in [1.54, 1.807) is 0 Å². The molecule has 5 nitrogen and oxygen atoms in total. The van der Waals surface area contributed by atoms with E-state index < -0.39 is 0 Å². The summed E-state index contributed by atoms with van der Waals surface area (Å²) in [6.45, 7) is 2.40. The van der Waals surface area contributed by atoms with Crippen LogP contribution in [0, 0.1) is 0 Å². The molecule has 2 heterocycles. The van der Waals surface area contributed by atoms with Crippen LogP contribution in [0.5, 0.6) is 23.0 Å². The van der Waals surface area contributed by atoms with E-state index in [9.17, 15) is 0 Å². The number of hydrogen-bond acceptors (Lipinski definition) is 5. The molecule has 0 bridgehead atoms. The van der Waals surface area contributed by atoms with Crippen molar-refractivity contribution in [1.82, 2.24) is 0 Å². The Hall–Kier alpha value is -2.40. The molecule has 4 rings (SSSR count). The van der Waals surface area contributed by atoms with Crippen LogP contribution in [0.1, 0.15) is 23.6 Å². The lowest BCUT2D eigenvalue weighted by atomic mass is 9.99. The predicted octanol–water partition coefficient (Wildman–Crippen LogP) is 2.86. The van der Waals surface area contributed by atoms with Gasteiger partial charge in [-0.25, -0.2) is 0 Å². The van der Waals surface area contributed by atoms with Gasteiger partial charge in [0.05, 0.1) is 0 Å². The van der Waals surface area contributed by atoms with Crippen LogP contribution in [0.2, 0.25) is 0 Å². The Labute approximate surface area is 141 Å². The topological polar surface area (TPSA) is 62.9 Å². The van der Waals surface area contributed by atoms with Crippen LogP contribution in [0.15, 0.2) is 36.4 Å². The zero-order valence-corrected chi connectivity index (χ0v) is 13.5. The zero-order valence-electron chi connectivity index (χ0n) is 13.5. The van der Waals surface area contributed by atoms with Crippen molar-refractivity contribution in [2.24, 2.45) is 5.73 Å². The average molecular weight is 327 g/mol. The highest BCUT2D eigenvalue weighted by molar-refractivity contribution is 5.45. The summed E-state index contributed by atoms with van der Waals surface area (Å²) in [5, 5.41) is 0. The van der Waals surface area contributed by atoms with Gasteiger partial charge in [0.25, 0.3) is 0 Å². The van der Waals surface area contributed by atoms with Crippen LogP contribution < -0.4 is 24.7 Å². The van der Waals surface area contributed by atoms with E-state index in [-0.39, 0.29) is 6.04 Å². The number of nitrogens with two attached hydrogens (primary N) is 1. The molecule has 5 heteroatoms. The van der Waals surface area contributed by atoms with E-state index >= 15 is 0 Å². The molecule has 0 fully saturated rings. The molecule has 0 aromatic heterocycles. The minimum absolute atomic E-state index is 0.0472. The molecule has 0 unspecified atom stereocenters. The fraction of sp³-hybridized carbons (Fsp3) is 0.368. The maximum absolute atomic E-state index is 6.36. The van der Waals surface area contributed by atoms with Gasteiger partial charge in [-0.3, -0.25) is 0 Å². The molecule has 0 spiro atoms. The first-order valence-corrected chi connectivity index (χ1v) is 8.33. The van der Waals surface area contributed by atoms with Crippen LogP contribution >= 0.6 is 0 Å². The Morgan fingerprint density at radius 1 is 0.750 bits per heavy atom. The summed E-state index contributed by atoms with van der Waals surface area (Å²) in [6.07, 6.45) is 1.73. The SMILES string of the molecule is N[C@H](CCc1ccc2c(c1)OCCO2)c1ccc2c(c1)OCCO2. The maximum atomic E-state index is 6.36. The van der Waals surface area contributed by atoms with Crippen molar-refractivity contribution >= 4 is 0 Å². The molecule has 24 heavy (non-hydrogen) atoms. The summed E-state index contributed by atoms with van der Waals surface area (Å²) >= 11 is 0. The van der Waals surface area contributed by atoms with Gasteiger partial charge < -0.3 is 24.7 Å². The largest absolute Gasteiger partial charge is 0.486 e. The lowest BCUT2D eigenvalue weighted by Gasteiger charge is -2.21. The molecule has 0 saturated carbocycles. The molecule has 2 aromatic rings. The second kappa shape index (κ2) is 6.61. The van der Waals surface area contributed by atoms with Gasteiger partial charge >= 0.3 is 0 Å². The van der Waals surface area contributed by atoms with Crippen molar-refractivity contribution in [3.05, 3.63) is 47.5 Å². The Kier molecular flexibility index (Phi) is 4.17. The van der Waals surface area contributed by atoms with E-state index in [2.05, 4.69) is 6.07 Å². The quantitative estimate of drug-likeness (QED) is 0.935. The van der Waals surface area contributed by atoms with Crippen molar-refractivity contribution in [2.75, 3.05) is 26.4 Å². The van der Waals surface area contributed by atoms with E-state index in [1.807, 2.05) is 30.3 Å². The first-order chi connectivity index (χ1) is 11.8. The van der Waals surface area contributed by atoms with Crippen LogP contribution in [-0.2, 0) is 6.42 Å². The van der Waals surface area contributed by atoms with Gasteiger partial charge in [0, 0.05) is 6.04 Å². The standard InChI is InChI=1S/C19H21NO4/c20-15(14-3-6-17-19(12-14)24-10-8-22-17)4-1-13-2-5-16-18(11-13)23-9-7-21-16/h2-3,5-6,11-12,15H,1,4,7-10,20H2/t15-/m1/s1. The minimum atomic E-state index is -0.0472. The highest BCUT2D eigenvalue weighted by atomic mass is 16.6. The van der Waals surface area contributed by atoms with Crippen molar-refractivity contribution in [2.45, 2.75) is 18.9 Å². The highest BCUT2D eigenvalue weighted by Crippen LogP contribution is 2.34. The molecular weight excluding hydrogens is 306 g/mol. The molecule has 2 aromatic carbocycles. The molecule has 0 radical (unpaired) electrons. The zero-order chi connectivity index (χ0) is 16.4. The monoisotopic (exact) mass is 327 g/mol. The average Bonchev–Trinajstić information content (AvgIpc) is 2.65. The van der Waals surface area contributed by atoms with Gasteiger partial charge in [0.1, 0.15) is 26.4 Å². The second-order valence-corrected chi connectivity index (χ2v) is 6.03. The lowest BCUT2D eigenvalue weighted by molar-refractivity contribution is 0.171. The highest BCUT2D eigenvalue weighted by Gasteiger charge is 2.16. The van der Waals surface area contributed by atoms with E-state index in [1.165, 1.54) is 5.56 Å². The molecule has 2 aliphatic rings. The third kappa shape index (κ3) is 3.12. The molecular formula is C19H21NO4. The smallest absolute Gasteiger partial charge is 0.161 e. The van der Waals surface area contributed by atoms with Gasteiger partial charge in [0.15, 0.2) is 23.0 Å². The fourth-order valence-corrected chi connectivity index (χ4v) is 3.02. The van der Waals surface area contributed by atoms with Gasteiger partial charge in [-0.05, 0) is 48.2 Å². The van der Waals surface area contributed by atoms with Gasteiger partial charge in [-0.2, -0.15) is 0 Å². The minimum Gasteiger partial charge on any atom is -0.486 e. The Morgan fingerprint density at radius 3 is 2.04 bits per heavy atom. The molecule has 0 saturated heterocycles. The summed E-state index contributed by atoms with van der Waals surface area (Å²) in [4.78, 5) is 0. The first kappa shape index (κ1) is 15.1. The summed E-state index contributed by atoms with van der Waals surface area (Å²) in [7, 11) is 0. The molecule has 0 aliphatic carbocycles. The number of fused-ring (bicyclic) bond motifs is 2. The van der Waals surface area contributed by atoms with Crippen LogP contribution in [0.3, 0.4) is 0 Å². The van der Waals surface area contributed by atoms with Crippen molar-refractivity contribution in [3.8, 4) is 23.0 Å². The van der Waals surface area contributed by atoms with Crippen LogP contribution in [-0.4, -0.2) is 26.4 Å². The third-order valence-corrected chi connectivity index (χ3v) is 4.34. The molecule has 0 amide bonds. The summed E-state index contributed by atoms with van der Waals surface area (Å²) < 4.78 is 22.4. The Balaban J connectivity index is 1.42. The van der Waals surface area contributed by atoms with Crippen molar-refractivity contribution in [1.29, 1.82) is 0 Å². The summed E-state index contributed by atoms with van der Waals surface area (Å²) in [6, 6.07) is 12.0. The molecule has 1 atom stereocenters. The van der Waals surface area contributed by atoms with E-state index in [0.717, 1.165) is 41.4 Å². The number of rotatable bonds is 4. The van der Waals surface area contributed by atoms with Crippen LogP contribution in [0.4, 0.5) is 0 Å². The number of aryl methyl sites for hydroxylation is 1. The summed E-state index contributed by atoms with van der Waals surface area (Å²) in [5.41, 5.74) is 8.63. The maximum Gasteiger partial charge on any atom is 0.161 e. The number of ether oxygens (including phenoxy) is 4. The lowest BCUT2D eigenvalue weighted by Crippen LogP contribution is -2.17. The Morgan fingerprint density at radius 2 is 1.33 bits per heavy atom. The predicted molar refractivity (Wildman–Crippen MR) is 90.1 cm³/mol. The summed E-state index contributed by atoms with van der Waals surface area (Å²) in [5.74, 6) is 3.23. The number of hydrogen-bond donors (Lipinski definition) is 1.